The van der Waals surface area contributed by atoms with E-state index in [1.807, 2.05) is 68.1 Å². The number of aryl methyl sites for hydroxylation is 2. The lowest BCUT2D eigenvalue weighted by molar-refractivity contribution is 0.102. The van der Waals surface area contributed by atoms with Gasteiger partial charge >= 0.3 is 0 Å². The van der Waals surface area contributed by atoms with E-state index in [4.69, 9.17) is 0 Å². The number of para-hydroxylation sites is 1. The summed E-state index contributed by atoms with van der Waals surface area (Å²) in [5.74, 6) is 0.263. The Morgan fingerprint density at radius 1 is 1.08 bits per heavy atom. The van der Waals surface area contributed by atoms with E-state index in [9.17, 15) is 4.79 Å². The predicted molar refractivity (Wildman–Crippen MR) is 105 cm³/mol. The van der Waals surface area contributed by atoms with Crippen molar-refractivity contribution in [2.24, 2.45) is 0 Å². The highest BCUT2D eigenvalue weighted by molar-refractivity contribution is 6.03. The zero-order valence-corrected chi connectivity index (χ0v) is 15.2. The highest BCUT2D eigenvalue weighted by atomic mass is 16.1. The lowest BCUT2D eigenvalue weighted by Gasteiger charge is -2.21. The molecule has 1 N–H and O–H groups in total. The first-order valence-corrected chi connectivity index (χ1v) is 8.62. The van der Waals surface area contributed by atoms with E-state index in [1.54, 1.807) is 12.3 Å². The Morgan fingerprint density at radius 3 is 2.62 bits per heavy atom. The Hall–Kier alpha value is -3.21. The van der Waals surface area contributed by atoms with Crippen LogP contribution < -0.4 is 10.2 Å². The number of rotatable bonds is 5. The van der Waals surface area contributed by atoms with Crippen LogP contribution in [0.1, 0.15) is 28.5 Å². The van der Waals surface area contributed by atoms with E-state index in [2.05, 4.69) is 21.4 Å². The molecule has 0 unspecified atom stereocenters. The molecule has 1 aromatic heterocycles. The summed E-state index contributed by atoms with van der Waals surface area (Å²) in [6.45, 7) is 6.74. The topological polar surface area (TPSA) is 58.1 Å². The second-order valence-corrected chi connectivity index (χ2v) is 6.09. The second kappa shape index (κ2) is 7.78. The van der Waals surface area contributed by atoms with Crippen LogP contribution in [0.5, 0.6) is 0 Å². The van der Waals surface area contributed by atoms with E-state index in [-0.39, 0.29) is 5.91 Å². The molecule has 5 heteroatoms. The van der Waals surface area contributed by atoms with Crippen molar-refractivity contribution >= 4 is 23.2 Å². The Labute approximate surface area is 153 Å². The number of hydrogen-bond acceptors (Lipinski definition) is 4. The number of carbonyl (C=O) groups excluding carboxylic acids is 1. The highest BCUT2D eigenvalue weighted by Crippen LogP contribution is 2.23. The van der Waals surface area contributed by atoms with Crippen LogP contribution in [0.3, 0.4) is 0 Å². The van der Waals surface area contributed by atoms with Crippen LogP contribution in [0.15, 0.2) is 60.8 Å². The number of carbonyl (C=O) groups is 1. The highest BCUT2D eigenvalue weighted by Gasteiger charge is 2.15. The standard InChI is InChI=1S/C21H22N4O/c1-4-25(17-10-7-8-15(2)14-17)21-22-13-12-19(24-21)20(26)23-18-11-6-5-9-16(18)3/h5-14H,4H2,1-3H3,(H,23,26). The van der Waals surface area contributed by atoms with Crippen LogP contribution in [0.25, 0.3) is 0 Å². The molecule has 0 atom stereocenters. The maximum Gasteiger partial charge on any atom is 0.274 e. The molecule has 1 heterocycles. The average molecular weight is 346 g/mol. The molecular formula is C21H22N4O. The number of aromatic nitrogens is 2. The smallest absolute Gasteiger partial charge is 0.274 e. The molecule has 132 valence electrons. The summed E-state index contributed by atoms with van der Waals surface area (Å²) in [4.78, 5) is 23.4. The fourth-order valence-corrected chi connectivity index (χ4v) is 2.74. The van der Waals surface area contributed by atoms with Crippen molar-refractivity contribution < 1.29 is 4.79 Å². The first kappa shape index (κ1) is 17.6. The molecule has 0 radical (unpaired) electrons. The summed E-state index contributed by atoms with van der Waals surface area (Å²) in [5, 5.41) is 2.91. The summed E-state index contributed by atoms with van der Waals surface area (Å²) >= 11 is 0. The normalized spacial score (nSPS) is 10.4. The Balaban J connectivity index is 1.87. The first-order valence-electron chi connectivity index (χ1n) is 8.62. The Bertz CT molecular complexity index is 923. The molecule has 5 nitrogen and oxygen atoms in total. The van der Waals surface area contributed by atoms with Gasteiger partial charge in [-0.25, -0.2) is 9.97 Å². The van der Waals surface area contributed by atoms with E-state index in [0.717, 1.165) is 22.5 Å². The summed E-state index contributed by atoms with van der Waals surface area (Å²) in [6, 6.07) is 17.4. The molecule has 0 bridgehead atoms. The zero-order valence-electron chi connectivity index (χ0n) is 15.2. The maximum absolute atomic E-state index is 12.6. The van der Waals surface area contributed by atoms with Gasteiger partial charge in [-0.2, -0.15) is 0 Å². The van der Waals surface area contributed by atoms with Gasteiger partial charge < -0.3 is 10.2 Å². The van der Waals surface area contributed by atoms with E-state index >= 15 is 0 Å². The van der Waals surface area contributed by atoms with Crippen molar-refractivity contribution in [3.63, 3.8) is 0 Å². The molecule has 3 aromatic rings. The second-order valence-electron chi connectivity index (χ2n) is 6.09. The number of nitrogens with zero attached hydrogens (tertiary/aromatic N) is 3. The lowest BCUT2D eigenvalue weighted by Crippen LogP contribution is -2.21. The van der Waals surface area contributed by atoms with Crippen LogP contribution in [-0.4, -0.2) is 22.4 Å². The third kappa shape index (κ3) is 3.88. The van der Waals surface area contributed by atoms with Crippen molar-refractivity contribution in [1.82, 2.24) is 9.97 Å². The van der Waals surface area contributed by atoms with Crippen LogP contribution in [0.2, 0.25) is 0 Å². The summed E-state index contributed by atoms with van der Waals surface area (Å²) in [5.41, 5.74) is 4.29. The third-order valence-corrected chi connectivity index (χ3v) is 4.14. The first-order chi connectivity index (χ1) is 12.6. The molecule has 0 aliphatic rings. The number of nitrogens with one attached hydrogen (secondary N) is 1. The molecule has 2 aromatic carbocycles. The molecule has 0 saturated carbocycles. The molecule has 26 heavy (non-hydrogen) atoms. The third-order valence-electron chi connectivity index (χ3n) is 4.14. The zero-order chi connectivity index (χ0) is 18.5. The lowest BCUT2D eigenvalue weighted by atomic mass is 10.2. The van der Waals surface area contributed by atoms with Crippen LogP contribution in [0, 0.1) is 13.8 Å². The molecule has 1 amide bonds. The van der Waals surface area contributed by atoms with Gasteiger partial charge in [0.05, 0.1) is 0 Å². The van der Waals surface area contributed by atoms with Crippen molar-refractivity contribution in [2.75, 3.05) is 16.8 Å². The van der Waals surface area contributed by atoms with Crippen LogP contribution in [0.4, 0.5) is 17.3 Å². The minimum atomic E-state index is -0.247. The Morgan fingerprint density at radius 2 is 1.88 bits per heavy atom. The quantitative estimate of drug-likeness (QED) is 0.739. The van der Waals surface area contributed by atoms with Crippen molar-refractivity contribution in [3.05, 3.63) is 77.6 Å². The molecular weight excluding hydrogens is 324 g/mol. The molecule has 0 spiro atoms. The summed E-state index contributed by atoms with van der Waals surface area (Å²) in [7, 11) is 0. The molecule has 0 aliphatic carbocycles. The van der Waals surface area contributed by atoms with Gasteiger partial charge in [-0.15, -0.1) is 0 Å². The summed E-state index contributed by atoms with van der Waals surface area (Å²) < 4.78 is 0. The van der Waals surface area contributed by atoms with Gasteiger partial charge in [-0.3, -0.25) is 4.79 Å². The van der Waals surface area contributed by atoms with Crippen molar-refractivity contribution in [2.45, 2.75) is 20.8 Å². The Kier molecular flexibility index (Phi) is 5.27. The number of hydrogen-bond donors (Lipinski definition) is 1. The summed E-state index contributed by atoms with van der Waals surface area (Å²) in [6.07, 6.45) is 1.62. The maximum atomic E-state index is 12.6. The van der Waals surface area contributed by atoms with Gasteiger partial charge in [0.25, 0.3) is 5.91 Å². The van der Waals surface area contributed by atoms with Gasteiger partial charge in [-0.05, 0) is 56.2 Å². The van der Waals surface area contributed by atoms with E-state index in [0.29, 0.717) is 18.2 Å². The fourth-order valence-electron chi connectivity index (χ4n) is 2.74. The average Bonchev–Trinajstić information content (AvgIpc) is 2.64. The van der Waals surface area contributed by atoms with Crippen LogP contribution in [-0.2, 0) is 0 Å². The minimum absolute atomic E-state index is 0.247. The van der Waals surface area contributed by atoms with Gasteiger partial charge in [-0.1, -0.05) is 30.3 Å². The SMILES string of the molecule is CCN(c1cccc(C)c1)c1nccc(C(=O)Nc2ccccc2C)n1. The van der Waals surface area contributed by atoms with Crippen LogP contribution >= 0.6 is 0 Å². The van der Waals surface area contributed by atoms with Gasteiger partial charge in [0.1, 0.15) is 5.69 Å². The van der Waals surface area contributed by atoms with Gasteiger partial charge in [0.15, 0.2) is 0 Å². The number of anilines is 3. The number of benzene rings is 2. The van der Waals surface area contributed by atoms with Gasteiger partial charge in [0.2, 0.25) is 5.95 Å². The minimum Gasteiger partial charge on any atom is -0.320 e. The van der Waals surface area contributed by atoms with E-state index in [1.165, 1.54) is 0 Å². The molecule has 0 aliphatic heterocycles. The fraction of sp³-hybridized carbons (Fsp3) is 0.190. The largest absolute Gasteiger partial charge is 0.320 e. The van der Waals surface area contributed by atoms with E-state index < -0.39 is 0 Å². The monoisotopic (exact) mass is 346 g/mol. The van der Waals surface area contributed by atoms with Crippen molar-refractivity contribution in [3.8, 4) is 0 Å². The molecule has 3 rings (SSSR count). The molecule has 0 saturated heterocycles. The van der Waals surface area contributed by atoms with Gasteiger partial charge in [0, 0.05) is 24.1 Å². The van der Waals surface area contributed by atoms with Crippen molar-refractivity contribution in [1.29, 1.82) is 0 Å². The predicted octanol–water partition coefficient (Wildman–Crippen LogP) is 4.50. The number of amides is 1. The molecule has 0 fully saturated rings.